The summed E-state index contributed by atoms with van der Waals surface area (Å²) in [7, 11) is 0. The fourth-order valence-electron chi connectivity index (χ4n) is 1.85. The van der Waals surface area contributed by atoms with Crippen LogP contribution in [-0.2, 0) is 4.79 Å². The monoisotopic (exact) mass is 322 g/mol. The van der Waals surface area contributed by atoms with Crippen LogP contribution in [0, 0.1) is 0 Å². The number of carboxylic acids is 1. The highest BCUT2D eigenvalue weighted by atomic mass is 79.9. The Bertz CT molecular complexity index is 603. The number of fused-ring (bicyclic) bond motifs is 1. The van der Waals surface area contributed by atoms with E-state index in [-0.39, 0.29) is 0 Å². The molecule has 0 spiro atoms. The molecule has 1 heterocycles. The quantitative estimate of drug-likeness (QED) is 0.906. The number of halogens is 1. The van der Waals surface area contributed by atoms with Gasteiger partial charge in [0.25, 0.3) is 0 Å². The highest BCUT2D eigenvalue weighted by Crippen LogP contribution is 2.24. The van der Waals surface area contributed by atoms with Gasteiger partial charge in [0.2, 0.25) is 0 Å². The average molecular weight is 323 g/mol. The lowest BCUT2D eigenvalue weighted by atomic mass is 10.1. The maximum absolute atomic E-state index is 11.1. The van der Waals surface area contributed by atoms with E-state index in [0.717, 1.165) is 21.8 Å². The van der Waals surface area contributed by atoms with Gasteiger partial charge >= 0.3 is 0 Å². The van der Waals surface area contributed by atoms with Crippen molar-refractivity contribution in [1.82, 2.24) is 9.97 Å². The molecule has 0 amide bonds. The van der Waals surface area contributed by atoms with Gasteiger partial charge in [0.1, 0.15) is 12.1 Å². The second-order valence-electron chi connectivity index (χ2n) is 4.19. The van der Waals surface area contributed by atoms with Gasteiger partial charge in [-0.2, -0.15) is 0 Å². The largest absolute Gasteiger partial charge is 0.548 e. The van der Waals surface area contributed by atoms with Crippen LogP contribution in [0.3, 0.4) is 0 Å². The maximum Gasteiger partial charge on any atom is 0.137 e. The number of hydrogen-bond donors (Lipinski definition) is 1. The van der Waals surface area contributed by atoms with Gasteiger partial charge in [0.05, 0.1) is 17.5 Å². The number of anilines is 1. The van der Waals surface area contributed by atoms with Crippen LogP contribution in [0.15, 0.2) is 29.0 Å². The first-order valence-corrected chi connectivity index (χ1v) is 6.78. The number of aromatic nitrogens is 2. The first kappa shape index (κ1) is 13.7. The molecule has 0 aliphatic heterocycles. The molecule has 1 atom stereocenters. The van der Waals surface area contributed by atoms with Crippen LogP contribution in [0.5, 0.6) is 0 Å². The molecule has 2 rings (SSSR count). The molecule has 6 heteroatoms. The van der Waals surface area contributed by atoms with Crippen LogP contribution in [0.2, 0.25) is 0 Å². The SMILES string of the molecule is CCCC(Nc1ncnc2ccc(Br)cc12)C(=O)[O-]. The molecular formula is C13H13BrN3O2-. The van der Waals surface area contributed by atoms with Crippen molar-refractivity contribution in [2.45, 2.75) is 25.8 Å². The Kier molecular flexibility index (Phi) is 4.31. The third-order valence-electron chi connectivity index (χ3n) is 2.77. The summed E-state index contributed by atoms with van der Waals surface area (Å²) in [5.41, 5.74) is 0.759. The van der Waals surface area contributed by atoms with Crippen molar-refractivity contribution in [2.24, 2.45) is 0 Å². The van der Waals surface area contributed by atoms with Crippen LogP contribution < -0.4 is 10.4 Å². The predicted octanol–water partition coefficient (Wildman–Crippen LogP) is 1.72. The number of carbonyl (C=O) groups excluding carboxylic acids is 1. The molecule has 0 saturated carbocycles. The van der Waals surface area contributed by atoms with Crippen molar-refractivity contribution in [3.05, 3.63) is 29.0 Å². The Hall–Kier alpha value is -1.69. The number of benzene rings is 1. The van der Waals surface area contributed by atoms with Gasteiger partial charge in [0, 0.05) is 9.86 Å². The van der Waals surface area contributed by atoms with Crippen molar-refractivity contribution >= 4 is 38.6 Å². The van der Waals surface area contributed by atoms with Crippen molar-refractivity contribution in [3.63, 3.8) is 0 Å². The summed E-state index contributed by atoms with van der Waals surface area (Å²) < 4.78 is 0.887. The van der Waals surface area contributed by atoms with Gasteiger partial charge in [-0.25, -0.2) is 9.97 Å². The molecular weight excluding hydrogens is 310 g/mol. The second-order valence-corrected chi connectivity index (χ2v) is 5.10. The summed E-state index contributed by atoms with van der Waals surface area (Å²) in [5, 5.41) is 14.8. The summed E-state index contributed by atoms with van der Waals surface area (Å²) in [5.74, 6) is -0.613. The molecule has 0 radical (unpaired) electrons. The number of rotatable bonds is 5. The Morgan fingerprint density at radius 2 is 2.26 bits per heavy atom. The first-order valence-electron chi connectivity index (χ1n) is 5.99. The molecule has 100 valence electrons. The molecule has 0 bridgehead atoms. The third-order valence-corrected chi connectivity index (χ3v) is 3.26. The number of nitrogens with one attached hydrogen (secondary N) is 1. The van der Waals surface area contributed by atoms with E-state index < -0.39 is 12.0 Å². The zero-order valence-corrected chi connectivity index (χ0v) is 12.0. The summed E-state index contributed by atoms with van der Waals surface area (Å²) >= 11 is 3.38. The molecule has 5 nitrogen and oxygen atoms in total. The van der Waals surface area contributed by atoms with E-state index >= 15 is 0 Å². The standard InChI is InChI=1S/C13H14BrN3O2/c1-2-3-11(13(18)19)17-12-9-6-8(14)4-5-10(9)15-7-16-12/h4-7,11H,2-3H2,1H3,(H,18,19)(H,15,16,17)/p-1. The molecule has 19 heavy (non-hydrogen) atoms. The van der Waals surface area contributed by atoms with Gasteiger partial charge in [-0.1, -0.05) is 29.3 Å². The minimum absolute atomic E-state index is 0.488. The fraction of sp³-hybridized carbons (Fsp3) is 0.308. The molecule has 1 unspecified atom stereocenters. The Morgan fingerprint density at radius 1 is 1.47 bits per heavy atom. The lowest BCUT2D eigenvalue weighted by molar-refractivity contribution is -0.306. The van der Waals surface area contributed by atoms with E-state index in [1.165, 1.54) is 6.33 Å². The molecule has 1 aromatic carbocycles. The third kappa shape index (κ3) is 3.20. The molecule has 0 saturated heterocycles. The number of aliphatic carboxylic acids is 1. The lowest BCUT2D eigenvalue weighted by Gasteiger charge is -2.20. The van der Waals surface area contributed by atoms with Crippen molar-refractivity contribution in [3.8, 4) is 0 Å². The smallest absolute Gasteiger partial charge is 0.137 e. The highest BCUT2D eigenvalue weighted by molar-refractivity contribution is 9.10. The lowest BCUT2D eigenvalue weighted by Crippen LogP contribution is -2.41. The second kappa shape index (κ2) is 5.97. The van der Waals surface area contributed by atoms with Crippen LogP contribution in [0.1, 0.15) is 19.8 Å². The van der Waals surface area contributed by atoms with E-state index in [4.69, 9.17) is 0 Å². The van der Waals surface area contributed by atoms with Gasteiger partial charge in [0.15, 0.2) is 0 Å². The van der Waals surface area contributed by atoms with Crippen molar-refractivity contribution in [2.75, 3.05) is 5.32 Å². The van der Waals surface area contributed by atoms with Crippen molar-refractivity contribution in [1.29, 1.82) is 0 Å². The summed E-state index contributed by atoms with van der Waals surface area (Å²) in [4.78, 5) is 19.3. The van der Waals surface area contributed by atoms with Gasteiger partial charge in [-0.05, 0) is 24.6 Å². The van der Waals surface area contributed by atoms with E-state index in [1.807, 2.05) is 25.1 Å². The molecule has 0 aliphatic carbocycles. The van der Waals surface area contributed by atoms with E-state index in [0.29, 0.717) is 12.2 Å². The molecule has 1 N–H and O–H groups in total. The Morgan fingerprint density at radius 3 is 2.95 bits per heavy atom. The average Bonchev–Trinajstić information content (AvgIpc) is 2.38. The summed E-state index contributed by atoms with van der Waals surface area (Å²) in [6.07, 6.45) is 2.65. The number of nitrogens with zero attached hydrogens (tertiary/aromatic N) is 2. The normalized spacial score (nSPS) is 12.3. The Labute approximate surface area is 119 Å². The fourth-order valence-corrected chi connectivity index (χ4v) is 2.21. The van der Waals surface area contributed by atoms with Crippen molar-refractivity contribution < 1.29 is 9.90 Å². The zero-order chi connectivity index (χ0) is 13.8. The summed E-state index contributed by atoms with van der Waals surface area (Å²) in [6.45, 7) is 1.92. The molecule has 0 fully saturated rings. The van der Waals surface area contributed by atoms with Gasteiger partial charge < -0.3 is 15.2 Å². The number of carboxylic acid groups (broad SMARTS) is 1. The number of carbonyl (C=O) groups is 1. The summed E-state index contributed by atoms with van der Waals surface area (Å²) in [6, 6.07) is 4.83. The highest BCUT2D eigenvalue weighted by Gasteiger charge is 2.12. The molecule has 1 aromatic heterocycles. The Balaban J connectivity index is 2.38. The van der Waals surface area contributed by atoms with E-state index in [9.17, 15) is 9.90 Å². The zero-order valence-electron chi connectivity index (χ0n) is 10.4. The molecule has 0 aliphatic rings. The first-order chi connectivity index (χ1) is 9.11. The minimum Gasteiger partial charge on any atom is -0.548 e. The maximum atomic E-state index is 11.1. The van der Waals surface area contributed by atoms with Crippen LogP contribution in [0.25, 0.3) is 10.9 Å². The van der Waals surface area contributed by atoms with Gasteiger partial charge in [-0.15, -0.1) is 0 Å². The minimum atomic E-state index is -1.12. The predicted molar refractivity (Wildman–Crippen MR) is 74.6 cm³/mol. The van der Waals surface area contributed by atoms with E-state index in [2.05, 4.69) is 31.2 Å². The topological polar surface area (TPSA) is 77.9 Å². The van der Waals surface area contributed by atoms with Crippen LogP contribution in [0.4, 0.5) is 5.82 Å². The van der Waals surface area contributed by atoms with E-state index in [1.54, 1.807) is 0 Å². The number of hydrogen-bond acceptors (Lipinski definition) is 5. The van der Waals surface area contributed by atoms with Gasteiger partial charge in [-0.3, -0.25) is 0 Å². The van der Waals surface area contributed by atoms with Crippen LogP contribution in [-0.4, -0.2) is 22.0 Å². The molecule has 2 aromatic rings. The van der Waals surface area contributed by atoms with Crippen LogP contribution >= 0.6 is 15.9 Å².